The minimum Gasteiger partial charge on any atom is -0.481 e. The lowest BCUT2D eigenvalue weighted by Crippen LogP contribution is -2.29. The molecule has 27 heavy (non-hydrogen) atoms. The third-order valence-electron chi connectivity index (χ3n) is 5.76. The Hall–Kier alpha value is -0.950. The first-order chi connectivity index (χ1) is 12.9. The zero-order valence-corrected chi connectivity index (χ0v) is 16.8. The summed E-state index contributed by atoms with van der Waals surface area (Å²) in [5.41, 5.74) is 0. The third-order valence-corrected chi connectivity index (χ3v) is 5.76. The highest BCUT2D eigenvalue weighted by Crippen LogP contribution is 2.42. The molecule has 0 radical (unpaired) electrons. The Morgan fingerprint density at radius 1 is 1.07 bits per heavy atom. The Bertz CT molecular complexity index is 438. The van der Waals surface area contributed by atoms with Crippen molar-refractivity contribution in [2.75, 3.05) is 0 Å². The second-order valence-corrected chi connectivity index (χ2v) is 7.88. The number of hydrogen-bond donors (Lipinski definition) is 4. The SMILES string of the molecule is CCCCCC(C=C[C@@H]1[C@@H]([C@H](CCC)CCCC(=O)O)[C@@H](O)C[C@H]1O)OO. The van der Waals surface area contributed by atoms with Gasteiger partial charge in [0.2, 0.25) is 0 Å². The van der Waals surface area contributed by atoms with Crippen molar-refractivity contribution < 1.29 is 30.3 Å². The van der Waals surface area contributed by atoms with Crippen LogP contribution in [0.4, 0.5) is 0 Å². The Labute approximate surface area is 163 Å². The summed E-state index contributed by atoms with van der Waals surface area (Å²) in [4.78, 5) is 15.4. The lowest BCUT2D eigenvalue weighted by atomic mass is 9.77. The molecule has 158 valence electrons. The van der Waals surface area contributed by atoms with Crippen LogP contribution in [0.3, 0.4) is 0 Å². The summed E-state index contributed by atoms with van der Waals surface area (Å²) in [5, 5.41) is 39.0. The topological polar surface area (TPSA) is 107 Å². The lowest BCUT2D eigenvalue weighted by molar-refractivity contribution is -0.267. The van der Waals surface area contributed by atoms with Gasteiger partial charge in [0.1, 0.15) is 6.10 Å². The average Bonchev–Trinajstić information content (AvgIpc) is 2.90. The van der Waals surface area contributed by atoms with Gasteiger partial charge in [0.15, 0.2) is 0 Å². The number of unbranched alkanes of at least 4 members (excludes halogenated alkanes) is 2. The molecule has 1 aliphatic carbocycles. The molecule has 0 amide bonds. The van der Waals surface area contributed by atoms with Gasteiger partial charge in [-0.3, -0.25) is 10.1 Å². The van der Waals surface area contributed by atoms with Gasteiger partial charge < -0.3 is 15.3 Å². The van der Waals surface area contributed by atoms with Gasteiger partial charge in [-0.05, 0) is 31.1 Å². The predicted molar refractivity (Wildman–Crippen MR) is 104 cm³/mol. The van der Waals surface area contributed by atoms with Crippen LogP contribution in [0.15, 0.2) is 12.2 Å². The minimum absolute atomic E-state index is 0.0972. The molecule has 6 heteroatoms. The van der Waals surface area contributed by atoms with E-state index in [2.05, 4.69) is 18.7 Å². The fourth-order valence-electron chi connectivity index (χ4n) is 4.41. The molecule has 0 spiro atoms. The van der Waals surface area contributed by atoms with Gasteiger partial charge in [0.05, 0.1) is 12.2 Å². The standard InChI is InChI=1S/C21H38O6/c1-3-5-6-10-16(27-26)12-13-17-18(22)14-19(23)21(17)15(8-4-2)9-7-11-20(24)25/h12-13,15-19,21-23,26H,3-11,14H2,1-2H3,(H,24,25)/t15-,16?,17+,18-,19+,21-/m1/s1. The second kappa shape index (κ2) is 13.3. The maximum absolute atomic E-state index is 10.8. The highest BCUT2D eigenvalue weighted by molar-refractivity contribution is 5.66. The molecule has 6 atom stereocenters. The minimum atomic E-state index is -0.802. The molecule has 1 unspecified atom stereocenters. The Morgan fingerprint density at radius 2 is 1.81 bits per heavy atom. The molecular formula is C21H38O6. The van der Waals surface area contributed by atoms with E-state index in [0.29, 0.717) is 19.3 Å². The Balaban J connectivity index is 2.80. The van der Waals surface area contributed by atoms with Crippen LogP contribution in [0.5, 0.6) is 0 Å². The number of aliphatic carboxylic acids is 1. The summed E-state index contributed by atoms with van der Waals surface area (Å²) in [6.07, 6.45) is 9.52. The highest BCUT2D eigenvalue weighted by atomic mass is 17.1. The fourth-order valence-corrected chi connectivity index (χ4v) is 4.41. The van der Waals surface area contributed by atoms with Crippen molar-refractivity contribution in [2.24, 2.45) is 17.8 Å². The number of aliphatic hydroxyl groups excluding tert-OH is 2. The van der Waals surface area contributed by atoms with Gasteiger partial charge in [-0.25, -0.2) is 4.89 Å². The molecular weight excluding hydrogens is 348 g/mol. The van der Waals surface area contributed by atoms with Crippen LogP contribution in [0.1, 0.15) is 78.1 Å². The van der Waals surface area contributed by atoms with E-state index >= 15 is 0 Å². The van der Waals surface area contributed by atoms with Crippen molar-refractivity contribution in [2.45, 2.75) is 96.4 Å². The summed E-state index contributed by atoms with van der Waals surface area (Å²) in [5.74, 6) is -0.932. The summed E-state index contributed by atoms with van der Waals surface area (Å²) < 4.78 is 0. The largest absolute Gasteiger partial charge is 0.481 e. The van der Waals surface area contributed by atoms with Crippen LogP contribution in [-0.2, 0) is 9.68 Å². The molecule has 1 aliphatic rings. The molecule has 1 rings (SSSR count). The third kappa shape index (κ3) is 8.30. The van der Waals surface area contributed by atoms with Gasteiger partial charge >= 0.3 is 5.97 Å². The first kappa shape index (κ1) is 24.1. The van der Waals surface area contributed by atoms with E-state index in [1.165, 1.54) is 0 Å². The zero-order valence-electron chi connectivity index (χ0n) is 16.8. The molecule has 0 aromatic carbocycles. The summed E-state index contributed by atoms with van der Waals surface area (Å²) in [6.45, 7) is 4.19. The maximum atomic E-state index is 10.8. The lowest BCUT2D eigenvalue weighted by Gasteiger charge is -2.30. The number of rotatable bonds is 14. The predicted octanol–water partition coefficient (Wildman–Crippen LogP) is 4.01. The second-order valence-electron chi connectivity index (χ2n) is 7.88. The van der Waals surface area contributed by atoms with Crippen molar-refractivity contribution in [3.8, 4) is 0 Å². The summed E-state index contributed by atoms with van der Waals surface area (Å²) >= 11 is 0. The Kier molecular flexibility index (Phi) is 11.8. The zero-order chi connectivity index (χ0) is 20.2. The van der Waals surface area contributed by atoms with E-state index in [-0.39, 0.29) is 24.2 Å². The monoisotopic (exact) mass is 386 g/mol. The van der Waals surface area contributed by atoms with Gasteiger partial charge in [-0.2, -0.15) is 0 Å². The fraction of sp³-hybridized carbons (Fsp3) is 0.857. The van der Waals surface area contributed by atoms with E-state index in [1.807, 2.05) is 6.08 Å². The van der Waals surface area contributed by atoms with Crippen molar-refractivity contribution in [1.29, 1.82) is 0 Å². The van der Waals surface area contributed by atoms with Gasteiger partial charge in [0, 0.05) is 18.8 Å². The molecule has 1 saturated carbocycles. The first-order valence-corrected chi connectivity index (χ1v) is 10.5. The maximum Gasteiger partial charge on any atom is 0.303 e. The molecule has 0 saturated heterocycles. The van der Waals surface area contributed by atoms with Crippen LogP contribution < -0.4 is 0 Å². The number of carbonyl (C=O) groups is 1. The van der Waals surface area contributed by atoms with E-state index in [0.717, 1.165) is 38.5 Å². The van der Waals surface area contributed by atoms with E-state index < -0.39 is 24.3 Å². The molecule has 1 fully saturated rings. The van der Waals surface area contributed by atoms with Crippen LogP contribution in [0, 0.1) is 17.8 Å². The number of aliphatic hydroxyl groups is 2. The van der Waals surface area contributed by atoms with Crippen LogP contribution in [0.25, 0.3) is 0 Å². The Morgan fingerprint density at radius 3 is 2.41 bits per heavy atom. The molecule has 0 aromatic heterocycles. The highest BCUT2D eigenvalue weighted by Gasteiger charge is 2.43. The number of hydrogen-bond acceptors (Lipinski definition) is 5. The molecule has 0 bridgehead atoms. The van der Waals surface area contributed by atoms with Gasteiger partial charge in [-0.15, -0.1) is 0 Å². The number of carboxylic acid groups (broad SMARTS) is 1. The summed E-state index contributed by atoms with van der Waals surface area (Å²) in [7, 11) is 0. The van der Waals surface area contributed by atoms with Crippen molar-refractivity contribution in [3.05, 3.63) is 12.2 Å². The van der Waals surface area contributed by atoms with E-state index in [4.69, 9.17) is 10.4 Å². The summed E-state index contributed by atoms with van der Waals surface area (Å²) in [6, 6.07) is 0. The van der Waals surface area contributed by atoms with E-state index in [1.54, 1.807) is 6.08 Å². The van der Waals surface area contributed by atoms with Crippen LogP contribution in [-0.4, -0.2) is 44.9 Å². The molecule has 4 N–H and O–H groups in total. The van der Waals surface area contributed by atoms with Crippen molar-refractivity contribution >= 4 is 5.97 Å². The van der Waals surface area contributed by atoms with Crippen LogP contribution >= 0.6 is 0 Å². The smallest absolute Gasteiger partial charge is 0.303 e. The number of carboxylic acids is 1. The first-order valence-electron chi connectivity index (χ1n) is 10.5. The van der Waals surface area contributed by atoms with Gasteiger partial charge in [-0.1, -0.05) is 58.1 Å². The van der Waals surface area contributed by atoms with Crippen molar-refractivity contribution in [3.63, 3.8) is 0 Å². The molecule has 6 nitrogen and oxygen atoms in total. The quantitative estimate of drug-likeness (QED) is 0.155. The van der Waals surface area contributed by atoms with E-state index in [9.17, 15) is 15.0 Å². The van der Waals surface area contributed by atoms with Gasteiger partial charge in [0.25, 0.3) is 0 Å². The average molecular weight is 387 g/mol. The molecule has 0 aromatic rings. The molecule has 0 aliphatic heterocycles. The molecule has 0 heterocycles. The van der Waals surface area contributed by atoms with Crippen LogP contribution in [0.2, 0.25) is 0 Å². The normalized spacial score (nSPS) is 27.9. The van der Waals surface area contributed by atoms with Crippen molar-refractivity contribution in [1.82, 2.24) is 0 Å².